The molecule has 0 aromatic heterocycles. The first-order valence-corrected chi connectivity index (χ1v) is 7.97. The van der Waals surface area contributed by atoms with E-state index in [-0.39, 0.29) is 23.4 Å². The van der Waals surface area contributed by atoms with E-state index in [0.717, 1.165) is 25.9 Å². The number of nitrogens with one attached hydrogen (secondary N) is 2. The monoisotopic (exact) mass is 297 g/mol. The molecule has 0 saturated carbocycles. The van der Waals surface area contributed by atoms with Gasteiger partial charge in [-0.25, -0.2) is 0 Å². The average Bonchev–Trinajstić information content (AvgIpc) is 2.36. The fourth-order valence-electron chi connectivity index (χ4n) is 2.83. The molecule has 0 spiro atoms. The number of hydrogen-bond donors (Lipinski definition) is 2. The number of rotatable bonds is 4. The first kappa shape index (κ1) is 18.0. The summed E-state index contributed by atoms with van der Waals surface area (Å²) in [6.45, 7) is 13.2. The highest BCUT2D eigenvalue weighted by Crippen LogP contribution is 2.21. The Hall–Kier alpha value is -1.10. The molecule has 1 saturated heterocycles. The van der Waals surface area contributed by atoms with Crippen LogP contribution < -0.4 is 10.6 Å². The van der Waals surface area contributed by atoms with Crippen LogP contribution in [0.3, 0.4) is 0 Å². The van der Waals surface area contributed by atoms with Crippen LogP contribution in [0.2, 0.25) is 0 Å². The van der Waals surface area contributed by atoms with Gasteiger partial charge in [-0.05, 0) is 40.0 Å². The second-order valence-corrected chi connectivity index (χ2v) is 7.16. The summed E-state index contributed by atoms with van der Waals surface area (Å²) < 4.78 is 0. The van der Waals surface area contributed by atoms with Gasteiger partial charge in [-0.2, -0.15) is 0 Å². The van der Waals surface area contributed by atoms with Gasteiger partial charge in [-0.1, -0.05) is 13.3 Å². The van der Waals surface area contributed by atoms with E-state index in [0.29, 0.717) is 12.0 Å². The summed E-state index contributed by atoms with van der Waals surface area (Å²) in [6, 6.07) is 0.0819. The average molecular weight is 297 g/mol. The van der Waals surface area contributed by atoms with Crippen molar-refractivity contribution in [2.45, 2.75) is 72.0 Å². The van der Waals surface area contributed by atoms with Gasteiger partial charge in [0.2, 0.25) is 11.8 Å². The highest BCUT2D eigenvalue weighted by atomic mass is 16.2. The van der Waals surface area contributed by atoms with Crippen LogP contribution in [0.15, 0.2) is 0 Å². The molecule has 0 bridgehead atoms. The van der Waals surface area contributed by atoms with Gasteiger partial charge in [0.05, 0.1) is 6.04 Å². The number of piperidine rings is 1. The third-order valence-corrected chi connectivity index (χ3v) is 4.06. The topological polar surface area (TPSA) is 61.4 Å². The van der Waals surface area contributed by atoms with Crippen molar-refractivity contribution in [2.75, 3.05) is 13.1 Å². The highest BCUT2D eigenvalue weighted by molar-refractivity contribution is 5.82. The van der Waals surface area contributed by atoms with Crippen LogP contribution >= 0.6 is 0 Å². The molecule has 1 heterocycles. The van der Waals surface area contributed by atoms with Gasteiger partial charge in [-0.3, -0.25) is 9.59 Å². The third-order valence-electron chi connectivity index (χ3n) is 4.06. The van der Waals surface area contributed by atoms with Crippen LogP contribution in [0.4, 0.5) is 0 Å². The Bertz CT molecular complexity index is 376. The maximum Gasteiger partial charge on any atom is 0.237 e. The van der Waals surface area contributed by atoms with Gasteiger partial charge in [0.1, 0.15) is 0 Å². The van der Waals surface area contributed by atoms with Gasteiger partial charge in [0.15, 0.2) is 0 Å². The van der Waals surface area contributed by atoms with Gasteiger partial charge in [-0.15, -0.1) is 0 Å². The Morgan fingerprint density at radius 1 is 1.33 bits per heavy atom. The van der Waals surface area contributed by atoms with Crippen molar-refractivity contribution in [2.24, 2.45) is 5.92 Å². The van der Waals surface area contributed by atoms with Gasteiger partial charge in [0, 0.05) is 31.6 Å². The summed E-state index contributed by atoms with van der Waals surface area (Å²) in [6.07, 6.45) is 1.92. The lowest BCUT2D eigenvalue weighted by Gasteiger charge is -2.39. The first-order chi connectivity index (χ1) is 9.64. The van der Waals surface area contributed by atoms with Crippen molar-refractivity contribution in [3.05, 3.63) is 0 Å². The van der Waals surface area contributed by atoms with E-state index >= 15 is 0 Å². The summed E-state index contributed by atoms with van der Waals surface area (Å²) in [5, 5.41) is 6.45. The molecule has 3 unspecified atom stereocenters. The molecule has 5 nitrogen and oxygen atoms in total. The zero-order valence-electron chi connectivity index (χ0n) is 14.3. The lowest BCUT2D eigenvalue weighted by atomic mass is 9.89. The lowest BCUT2D eigenvalue weighted by molar-refractivity contribution is -0.131. The number of carbonyl (C=O) groups excluding carboxylic acids is 2. The van der Waals surface area contributed by atoms with Crippen LogP contribution in [0.25, 0.3) is 0 Å². The molecule has 1 aliphatic heterocycles. The van der Waals surface area contributed by atoms with E-state index in [1.807, 2.05) is 32.6 Å². The van der Waals surface area contributed by atoms with Crippen molar-refractivity contribution < 1.29 is 9.59 Å². The number of amides is 2. The predicted molar refractivity (Wildman–Crippen MR) is 84.9 cm³/mol. The van der Waals surface area contributed by atoms with Gasteiger partial charge >= 0.3 is 0 Å². The van der Waals surface area contributed by atoms with E-state index in [1.54, 1.807) is 6.92 Å². The summed E-state index contributed by atoms with van der Waals surface area (Å²) in [4.78, 5) is 25.6. The summed E-state index contributed by atoms with van der Waals surface area (Å²) >= 11 is 0. The largest absolute Gasteiger partial charge is 0.350 e. The summed E-state index contributed by atoms with van der Waals surface area (Å²) in [5.74, 6) is 0.587. The molecule has 5 heteroatoms. The molecule has 0 aromatic rings. The molecule has 3 atom stereocenters. The Labute approximate surface area is 128 Å². The molecule has 21 heavy (non-hydrogen) atoms. The zero-order chi connectivity index (χ0) is 16.2. The van der Waals surface area contributed by atoms with Crippen molar-refractivity contribution >= 4 is 11.8 Å². The molecule has 122 valence electrons. The molecular weight excluding hydrogens is 266 g/mol. The molecule has 0 aliphatic carbocycles. The Morgan fingerprint density at radius 3 is 2.43 bits per heavy atom. The molecule has 1 aliphatic rings. The van der Waals surface area contributed by atoms with E-state index < -0.39 is 0 Å². The minimum absolute atomic E-state index is 0.0337. The minimum Gasteiger partial charge on any atom is -0.350 e. The van der Waals surface area contributed by atoms with E-state index in [2.05, 4.69) is 17.6 Å². The number of nitrogens with zero attached hydrogens (tertiary/aromatic N) is 1. The quantitative estimate of drug-likeness (QED) is 0.827. The predicted octanol–water partition coefficient (Wildman–Crippen LogP) is 1.53. The maximum atomic E-state index is 12.2. The van der Waals surface area contributed by atoms with Crippen LogP contribution in [0.5, 0.6) is 0 Å². The van der Waals surface area contributed by atoms with Crippen LogP contribution in [-0.2, 0) is 9.59 Å². The van der Waals surface area contributed by atoms with Gasteiger partial charge in [0.25, 0.3) is 0 Å². The van der Waals surface area contributed by atoms with Crippen molar-refractivity contribution in [1.29, 1.82) is 0 Å². The van der Waals surface area contributed by atoms with Crippen LogP contribution in [0.1, 0.15) is 54.4 Å². The number of hydrogen-bond acceptors (Lipinski definition) is 3. The normalized spacial score (nSPS) is 24.6. The van der Waals surface area contributed by atoms with E-state index in [9.17, 15) is 9.59 Å². The molecular formula is C16H31N3O2. The first-order valence-electron chi connectivity index (χ1n) is 7.97. The molecule has 0 aromatic carbocycles. The highest BCUT2D eigenvalue weighted by Gasteiger charge is 2.31. The van der Waals surface area contributed by atoms with Crippen molar-refractivity contribution in [3.63, 3.8) is 0 Å². The summed E-state index contributed by atoms with van der Waals surface area (Å²) in [7, 11) is 0. The molecule has 1 rings (SSSR count). The molecule has 2 amide bonds. The molecule has 0 radical (unpaired) electrons. The van der Waals surface area contributed by atoms with Crippen LogP contribution in [0, 0.1) is 5.92 Å². The van der Waals surface area contributed by atoms with E-state index in [1.165, 1.54) is 0 Å². The Balaban J connectivity index is 2.57. The smallest absolute Gasteiger partial charge is 0.237 e. The van der Waals surface area contributed by atoms with E-state index in [4.69, 9.17) is 0 Å². The lowest BCUT2D eigenvalue weighted by Crippen LogP contribution is -2.56. The summed E-state index contributed by atoms with van der Waals surface area (Å²) in [5.41, 5.74) is -0.213. The second kappa shape index (κ2) is 7.25. The van der Waals surface area contributed by atoms with Crippen molar-refractivity contribution in [1.82, 2.24) is 15.5 Å². The number of likely N-dealkylation sites (tertiary alicyclic amines) is 1. The fraction of sp³-hybridized carbons (Fsp3) is 0.875. The SMILES string of the molecule is CCC1CN(C(C)=O)CCC1NC(C)C(=O)NC(C)(C)C. The maximum absolute atomic E-state index is 12.2. The van der Waals surface area contributed by atoms with Gasteiger partial charge < -0.3 is 15.5 Å². The third kappa shape index (κ3) is 5.65. The molecule has 2 N–H and O–H groups in total. The molecule has 1 fully saturated rings. The Kier molecular flexibility index (Phi) is 6.20. The number of carbonyl (C=O) groups is 2. The standard InChI is InChI=1S/C16H31N3O2/c1-7-13-10-19(12(3)20)9-8-14(13)17-11(2)15(21)18-16(4,5)6/h11,13-14,17H,7-10H2,1-6H3,(H,18,21). The zero-order valence-corrected chi connectivity index (χ0v) is 14.3. The minimum atomic E-state index is -0.216. The second-order valence-electron chi connectivity index (χ2n) is 7.16. The fourth-order valence-corrected chi connectivity index (χ4v) is 2.83. The van der Waals surface area contributed by atoms with Crippen LogP contribution in [-0.4, -0.2) is 47.4 Å². The van der Waals surface area contributed by atoms with Crippen molar-refractivity contribution in [3.8, 4) is 0 Å². The Morgan fingerprint density at radius 2 is 1.95 bits per heavy atom.